The molecule has 0 aliphatic carbocycles. The van der Waals surface area contributed by atoms with Gasteiger partial charge in [0.2, 0.25) is 5.91 Å². The average molecular weight is 317 g/mol. The minimum Gasteiger partial charge on any atom is -0.379 e. The number of carbonyl (C=O) groups excluding carboxylic acids is 3. The summed E-state index contributed by atoms with van der Waals surface area (Å²) in [5, 5.41) is 2.44. The van der Waals surface area contributed by atoms with Gasteiger partial charge in [-0.1, -0.05) is 0 Å². The summed E-state index contributed by atoms with van der Waals surface area (Å²) in [6.07, 6.45) is 2.80. The number of nitrogens with one attached hydrogen (secondary N) is 1. The zero-order valence-electron chi connectivity index (χ0n) is 13.5. The van der Waals surface area contributed by atoms with E-state index >= 15 is 0 Å². The SMILES string of the molecule is CC(=O)CNC(=O)COCCOCCCCCOCC(C)=O. The maximum Gasteiger partial charge on any atom is 0.246 e. The maximum atomic E-state index is 11.2. The summed E-state index contributed by atoms with van der Waals surface area (Å²) in [7, 11) is 0. The van der Waals surface area contributed by atoms with Crippen LogP contribution in [0.3, 0.4) is 0 Å². The molecule has 0 aromatic rings. The van der Waals surface area contributed by atoms with Gasteiger partial charge in [-0.15, -0.1) is 0 Å². The minimum absolute atomic E-state index is 0.0365. The molecule has 0 rings (SSSR count). The summed E-state index contributed by atoms with van der Waals surface area (Å²) in [6, 6.07) is 0. The molecule has 7 nitrogen and oxygen atoms in total. The highest BCUT2D eigenvalue weighted by molar-refractivity contribution is 5.84. The number of Topliss-reactive ketones (excluding diaryl/α,β-unsaturated/α-hetero) is 2. The lowest BCUT2D eigenvalue weighted by Gasteiger charge is -2.06. The first-order valence-corrected chi connectivity index (χ1v) is 7.51. The third kappa shape index (κ3) is 16.7. The topological polar surface area (TPSA) is 90.9 Å². The maximum absolute atomic E-state index is 11.2. The predicted octanol–water partition coefficient (Wildman–Crippen LogP) is 0.501. The minimum atomic E-state index is -0.305. The Morgan fingerprint density at radius 1 is 0.727 bits per heavy atom. The Balaban J connectivity index is 3.15. The van der Waals surface area contributed by atoms with Gasteiger partial charge in [0.1, 0.15) is 19.0 Å². The Bertz CT molecular complexity index is 332. The molecular formula is C15H27NO6. The number of ether oxygens (including phenoxy) is 3. The molecular weight excluding hydrogens is 290 g/mol. The Kier molecular flexibility index (Phi) is 13.7. The van der Waals surface area contributed by atoms with Gasteiger partial charge in [0.15, 0.2) is 5.78 Å². The van der Waals surface area contributed by atoms with E-state index in [0.717, 1.165) is 19.3 Å². The van der Waals surface area contributed by atoms with Gasteiger partial charge in [0.05, 0.1) is 19.8 Å². The van der Waals surface area contributed by atoms with Crippen LogP contribution in [-0.2, 0) is 28.6 Å². The van der Waals surface area contributed by atoms with Crippen molar-refractivity contribution in [1.82, 2.24) is 5.32 Å². The molecule has 0 spiro atoms. The van der Waals surface area contributed by atoms with Gasteiger partial charge in [-0.05, 0) is 33.1 Å². The Morgan fingerprint density at radius 2 is 1.32 bits per heavy atom. The largest absolute Gasteiger partial charge is 0.379 e. The Labute approximate surface area is 131 Å². The van der Waals surface area contributed by atoms with Crippen molar-refractivity contribution in [3.05, 3.63) is 0 Å². The fraction of sp³-hybridized carbons (Fsp3) is 0.800. The van der Waals surface area contributed by atoms with Crippen molar-refractivity contribution >= 4 is 17.5 Å². The third-order valence-corrected chi connectivity index (χ3v) is 2.52. The number of unbranched alkanes of at least 4 members (excludes halogenated alkanes) is 2. The molecule has 0 aliphatic heterocycles. The van der Waals surface area contributed by atoms with E-state index in [1.165, 1.54) is 13.8 Å². The van der Waals surface area contributed by atoms with E-state index in [1.807, 2.05) is 0 Å². The Morgan fingerprint density at radius 3 is 1.95 bits per heavy atom. The number of amides is 1. The second-order valence-corrected chi connectivity index (χ2v) is 4.96. The van der Waals surface area contributed by atoms with Crippen LogP contribution in [0.25, 0.3) is 0 Å². The van der Waals surface area contributed by atoms with Crippen molar-refractivity contribution in [2.24, 2.45) is 0 Å². The van der Waals surface area contributed by atoms with Crippen LogP contribution in [0, 0.1) is 0 Å². The molecule has 0 unspecified atom stereocenters. The number of hydrogen-bond acceptors (Lipinski definition) is 6. The van der Waals surface area contributed by atoms with Gasteiger partial charge < -0.3 is 19.5 Å². The van der Waals surface area contributed by atoms with Crippen LogP contribution in [0.4, 0.5) is 0 Å². The third-order valence-electron chi connectivity index (χ3n) is 2.52. The molecule has 1 amide bonds. The van der Waals surface area contributed by atoms with Crippen molar-refractivity contribution < 1.29 is 28.6 Å². The van der Waals surface area contributed by atoms with E-state index in [2.05, 4.69) is 5.32 Å². The zero-order chi connectivity index (χ0) is 16.6. The van der Waals surface area contributed by atoms with Gasteiger partial charge >= 0.3 is 0 Å². The van der Waals surface area contributed by atoms with Crippen LogP contribution >= 0.6 is 0 Å². The smallest absolute Gasteiger partial charge is 0.246 e. The number of carbonyl (C=O) groups is 3. The van der Waals surface area contributed by atoms with Gasteiger partial charge in [0.25, 0.3) is 0 Å². The van der Waals surface area contributed by atoms with Gasteiger partial charge in [-0.3, -0.25) is 14.4 Å². The summed E-state index contributed by atoms with van der Waals surface area (Å²) in [5.41, 5.74) is 0. The molecule has 0 saturated carbocycles. The van der Waals surface area contributed by atoms with Crippen molar-refractivity contribution in [1.29, 1.82) is 0 Å². The van der Waals surface area contributed by atoms with E-state index in [1.54, 1.807) is 0 Å². The predicted molar refractivity (Wildman–Crippen MR) is 80.7 cm³/mol. The van der Waals surface area contributed by atoms with E-state index < -0.39 is 0 Å². The van der Waals surface area contributed by atoms with Crippen LogP contribution in [0.1, 0.15) is 33.1 Å². The van der Waals surface area contributed by atoms with Crippen LogP contribution in [0.15, 0.2) is 0 Å². The van der Waals surface area contributed by atoms with Gasteiger partial charge in [-0.25, -0.2) is 0 Å². The quantitative estimate of drug-likeness (QED) is 0.442. The summed E-state index contributed by atoms with van der Waals surface area (Å²) in [5.74, 6) is -0.359. The summed E-state index contributed by atoms with van der Waals surface area (Å²) in [4.78, 5) is 32.4. The van der Waals surface area contributed by atoms with E-state index in [4.69, 9.17) is 14.2 Å². The molecule has 0 aliphatic rings. The molecule has 0 fully saturated rings. The Hall–Kier alpha value is -1.31. The normalized spacial score (nSPS) is 10.5. The van der Waals surface area contributed by atoms with Gasteiger partial charge in [0, 0.05) is 13.2 Å². The van der Waals surface area contributed by atoms with Crippen molar-refractivity contribution in [2.75, 3.05) is 46.2 Å². The highest BCUT2D eigenvalue weighted by Crippen LogP contribution is 1.96. The van der Waals surface area contributed by atoms with Crippen molar-refractivity contribution in [3.8, 4) is 0 Å². The second kappa shape index (κ2) is 14.6. The summed E-state index contributed by atoms with van der Waals surface area (Å²) < 4.78 is 15.6. The van der Waals surface area contributed by atoms with E-state index in [0.29, 0.717) is 26.4 Å². The fourth-order valence-corrected chi connectivity index (χ4v) is 1.46. The van der Waals surface area contributed by atoms with Crippen LogP contribution < -0.4 is 5.32 Å². The molecule has 0 saturated heterocycles. The summed E-state index contributed by atoms with van der Waals surface area (Å²) in [6.45, 7) is 5.07. The van der Waals surface area contributed by atoms with E-state index in [9.17, 15) is 14.4 Å². The van der Waals surface area contributed by atoms with Crippen LogP contribution in [-0.4, -0.2) is 63.7 Å². The van der Waals surface area contributed by atoms with Crippen molar-refractivity contribution in [2.45, 2.75) is 33.1 Å². The first-order chi connectivity index (χ1) is 10.5. The van der Waals surface area contributed by atoms with E-state index in [-0.39, 0.29) is 37.2 Å². The van der Waals surface area contributed by atoms with Crippen LogP contribution in [0.5, 0.6) is 0 Å². The molecule has 0 radical (unpaired) electrons. The summed E-state index contributed by atoms with van der Waals surface area (Å²) >= 11 is 0. The molecule has 128 valence electrons. The fourth-order valence-electron chi connectivity index (χ4n) is 1.46. The molecule has 0 bridgehead atoms. The number of ketones is 2. The molecule has 22 heavy (non-hydrogen) atoms. The first kappa shape index (κ1) is 20.7. The second-order valence-electron chi connectivity index (χ2n) is 4.96. The molecule has 7 heteroatoms. The number of hydrogen-bond donors (Lipinski definition) is 1. The van der Waals surface area contributed by atoms with Crippen LogP contribution in [0.2, 0.25) is 0 Å². The van der Waals surface area contributed by atoms with Crippen molar-refractivity contribution in [3.63, 3.8) is 0 Å². The highest BCUT2D eigenvalue weighted by Gasteiger charge is 2.02. The highest BCUT2D eigenvalue weighted by atomic mass is 16.5. The monoisotopic (exact) mass is 317 g/mol. The average Bonchev–Trinajstić information content (AvgIpc) is 2.45. The molecule has 0 aromatic carbocycles. The lowest BCUT2D eigenvalue weighted by Crippen LogP contribution is -2.31. The molecule has 0 aromatic heterocycles. The molecule has 1 N–H and O–H groups in total. The standard InChI is InChI=1S/C15H27NO6/c1-13(17)10-16-15(19)12-22-9-8-20-6-4-3-5-7-21-11-14(2)18/h3-12H2,1-2H3,(H,16,19). The first-order valence-electron chi connectivity index (χ1n) is 7.51. The lowest BCUT2D eigenvalue weighted by atomic mass is 10.2. The van der Waals surface area contributed by atoms with Gasteiger partial charge in [-0.2, -0.15) is 0 Å². The molecule has 0 atom stereocenters. The molecule has 0 heterocycles. The zero-order valence-corrected chi connectivity index (χ0v) is 13.5. The lowest BCUT2D eigenvalue weighted by molar-refractivity contribution is -0.128. The number of rotatable bonds is 15.